The molecule has 2 unspecified atom stereocenters. The van der Waals surface area contributed by atoms with Crippen LogP contribution in [0.25, 0.3) is 0 Å². The first-order chi connectivity index (χ1) is 8.65. The summed E-state index contributed by atoms with van der Waals surface area (Å²) in [5.74, 6) is 0.489. The summed E-state index contributed by atoms with van der Waals surface area (Å²) >= 11 is 6.52. The van der Waals surface area contributed by atoms with Crippen LogP contribution in [0.2, 0.25) is 0 Å². The van der Waals surface area contributed by atoms with Gasteiger partial charge >= 0.3 is 0 Å². The van der Waals surface area contributed by atoms with E-state index < -0.39 is 0 Å². The number of benzene rings is 1. The molecule has 1 aliphatic rings. The van der Waals surface area contributed by atoms with E-state index in [0.717, 1.165) is 24.2 Å². The fraction of sp³-hybridized carbons (Fsp3) is 0.400. The standard InChI is InChI=1S/C15H17ClN2/c1-9-4-3-5-11(6-9)12-7-13(16)15-10(2)17-18-14(15)8-12/h3-6,12-13H,7-8H2,1-2H3,(H,17,18). The van der Waals surface area contributed by atoms with Crippen molar-refractivity contribution in [3.63, 3.8) is 0 Å². The topological polar surface area (TPSA) is 28.7 Å². The van der Waals surface area contributed by atoms with Gasteiger partial charge in [-0.2, -0.15) is 5.10 Å². The van der Waals surface area contributed by atoms with E-state index >= 15 is 0 Å². The van der Waals surface area contributed by atoms with Gasteiger partial charge in [-0.15, -0.1) is 11.6 Å². The van der Waals surface area contributed by atoms with E-state index in [-0.39, 0.29) is 5.38 Å². The van der Waals surface area contributed by atoms with E-state index in [1.165, 1.54) is 16.7 Å². The lowest BCUT2D eigenvalue weighted by Crippen LogP contribution is -2.14. The van der Waals surface area contributed by atoms with Crippen molar-refractivity contribution in [1.82, 2.24) is 10.2 Å². The Labute approximate surface area is 112 Å². The summed E-state index contributed by atoms with van der Waals surface area (Å²) in [5.41, 5.74) is 6.17. The summed E-state index contributed by atoms with van der Waals surface area (Å²) in [6, 6.07) is 8.72. The molecule has 1 aromatic heterocycles. The quantitative estimate of drug-likeness (QED) is 0.771. The van der Waals surface area contributed by atoms with Crippen LogP contribution in [0.3, 0.4) is 0 Å². The maximum absolute atomic E-state index is 6.52. The minimum absolute atomic E-state index is 0.0815. The van der Waals surface area contributed by atoms with Crippen molar-refractivity contribution in [3.8, 4) is 0 Å². The second-order valence-electron chi connectivity index (χ2n) is 5.23. The number of nitrogens with one attached hydrogen (secondary N) is 1. The van der Waals surface area contributed by atoms with Crippen molar-refractivity contribution >= 4 is 11.6 Å². The maximum atomic E-state index is 6.52. The molecule has 18 heavy (non-hydrogen) atoms. The fourth-order valence-corrected chi connectivity index (χ4v) is 3.43. The van der Waals surface area contributed by atoms with E-state index in [1.807, 2.05) is 6.92 Å². The van der Waals surface area contributed by atoms with E-state index in [2.05, 4.69) is 41.4 Å². The summed E-state index contributed by atoms with van der Waals surface area (Å²) in [7, 11) is 0. The highest BCUT2D eigenvalue weighted by Crippen LogP contribution is 2.42. The van der Waals surface area contributed by atoms with Crippen molar-refractivity contribution in [2.75, 3.05) is 0 Å². The molecule has 0 saturated carbocycles. The lowest BCUT2D eigenvalue weighted by Gasteiger charge is -2.26. The van der Waals surface area contributed by atoms with Crippen LogP contribution in [0.15, 0.2) is 24.3 Å². The fourth-order valence-electron chi connectivity index (χ4n) is 2.92. The van der Waals surface area contributed by atoms with Crippen LogP contribution >= 0.6 is 11.6 Å². The van der Waals surface area contributed by atoms with E-state index in [9.17, 15) is 0 Å². The Bertz CT molecular complexity index is 574. The predicted octanol–water partition coefficient (Wildman–Crippen LogP) is 4.04. The second kappa shape index (κ2) is 4.43. The molecule has 2 aromatic rings. The Morgan fingerprint density at radius 1 is 1.33 bits per heavy atom. The molecule has 2 nitrogen and oxygen atoms in total. The van der Waals surface area contributed by atoms with Gasteiger partial charge in [0, 0.05) is 11.3 Å². The molecule has 94 valence electrons. The molecule has 3 heteroatoms. The Morgan fingerprint density at radius 3 is 2.94 bits per heavy atom. The molecule has 0 saturated heterocycles. The van der Waals surface area contributed by atoms with Gasteiger partial charge in [-0.05, 0) is 38.2 Å². The van der Waals surface area contributed by atoms with Crippen LogP contribution in [0.1, 0.15) is 45.8 Å². The molecule has 0 fully saturated rings. The van der Waals surface area contributed by atoms with Crippen molar-refractivity contribution < 1.29 is 0 Å². The molecule has 0 radical (unpaired) electrons. The summed E-state index contributed by atoms with van der Waals surface area (Å²) < 4.78 is 0. The third-order valence-corrected chi connectivity index (χ3v) is 4.23. The van der Waals surface area contributed by atoms with Gasteiger partial charge in [-0.25, -0.2) is 0 Å². The van der Waals surface area contributed by atoms with Crippen LogP contribution in [-0.4, -0.2) is 10.2 Å². The smallest absolute Gasteiger partial charge is 0.0677 e. The van der Waals surface area contributed by atoms with Crippen LogP contribution in [0.4, 0.5) is 0 Å². The van der Waals surface area contributed by atoms with Crippen molar-refractivity contribution in [3.05, 3.63) is 52.3 Å². The second-order valence-corrected chi connectivity index (χ2v) is 5.75. The number of hydrogen-bond acceptors (Lipinski definition) is 1. The molecule has 0 bridgehead atoms. The van der Waals surface area contributed by atoms with Gasteiger partial charge in [-0.1, -0.05) is 29.8 Å². The van der Waals surface area contributed by atoms with Gasteiger partial charge in [-0.3, -0.25) is 5.10 Å². The summed E-state index contributed by atoms with van der Waals surface area (Å²) in [5, 5.41) is 7.54. The zero-order chi connectivity index (χ0) is 12.7. The molecular weight excluding hydrogens is 244 g/mol. The normalized spacial score (nSPS) is 22.8. The van der Waals surface area contributed by atoms with Gasteiger partial charge < -0.3 is 0 Å². The van der Waals surface area contributed by atoms with Crippen LogP contribution in [0.5, 0.6) is 0 Å². The van der Waals surface area contributed by atoms with Gasteiger partial charge in [0.15, 0.2) is 0 Å². The van der Waals surface area contributed by atoms with Crippen LogP contribution < -0.4 is 0 Å². The first-order valence-corrected chi connectivity index (χ1v) is 6.83. The van der Waals surface area contributed by atoms with Gasteiger partial charge in [0.25, 0.3) is 0 Å². The third kappa shape index (κ3) is 1.95. The molecule has 0 amide bonds. The number of aryl methyl sites for hydroxylation is 2. The minimum atomic E-state index is 0.0815. The number of alkyl halides is 1. The Balaban J connectivity index is 1.95. The van der Waals surface area contributed by atoms with Gasteiger partial charge in [0.2, 0.25) is 0 Å². The average molecular weight is 261 g/mol. The molecule has 1 N–H and O–H groups in total. The summed E-state index contributed by atoms with van der Waals surface area (Å²) in [4.78, 5) is 0. The Hall–Kier alpha value is -1.28. The van der Waals surface area contributed by atoms with E-state index in [0.29, 0.717) is 5.92 Å². The van der Waals surface area contributed by atoms with E-state index in [4.69, 9.17) is 11.6 Å². The molecule has 0 aliphatic heterocycles. The number of halogens is 1. The first kappa shape index (κ1) is 11.8. The Kier molecular flexibility index (Phi) is 2.90. The summed E-state index contributed by atoms with van der Waals surface area (Å²) in [6.45, 7) is 4.18. The molecular formula is C15H17ClN2. The molecule has 2 atom stereocenters. The predicted molar refractivity (Wildman–Crippen MR) is 74.2 cm³/mol. The molecule has 0 spiro atoms. The number of fused-ring (bicyclic) bond motifs is 1. The highest BCUT2D eigenvalue weighted by Gasteiger charge is 2.30. The minimum Gasteiger partial charge on any atom is -0.282 e. The molecule has 1 aromatic carbocycles. The first-order valence-electron chi connectivity index (χ1n) is 6.39. The largest absolute Gasteiger partial charge is 0.282 e. The number of hydrogen-bond donors (Lipinski definition) is 1. The van der Waals surface area contributed by atoms with Crippen molar-refractivity contribution in [2.24, 2.45) is 0 Å². The highest BCUT2D eigenvalue weighted by atomic mass is 35.5. The molecule has 1 aliphatic carbocycles. The number of H-pyrrole nitrogens is 1. The van der Waals surface area contributed by atoms with Gasteiger partial charge in [0.05, 0.1) is 11.1 Å². The highest BCUT2D eigenvalue weighted by molar-refractivity contribution is 6.21. The number of aromatic nitrogens is 2. The Morgan fingerprint density at radius 2 is 2.17 bits per heavy atom. The zero-order valence-electron chi connectivity index (χ0n) is 10.7. The monoisotopic (exact) mass is 260 g/mol. The SMILES string of the molecule is Cc1cccc(C2Cc3n[nH]c(C)c3C(Cl)C2)c1. The van der Waals surface area contributed by atoms with E-state index in [1.54, 1.807) is 0 Å². The third-order valence-electron chi connectivity index (χ3n) is 3.83. The lowest BCUT2D eigenvalue weighted by molar-refractivity contribution is 0.564. The van der Waals surface area contributed by atoms with Crippen molar-refractivity contribution in [2.45, 2.75) is 38.0 Å². The van der Waals surface area contributed by atoms with Crippen LogP contribution in [-0.2, 0) is 6.42 Å². The van der Waals surface area contributed by atoms with Gasteiger partial charge in [0.1, 0.15) is 0 Å². The average Bonchev–Trinajstić information content (AvgIpc) is 2.71. The van der Waals surface area contributed by atoms with Crippen LogP contribution in [0, 0.1) is 13.8 Å². The number of aromatic amines is 1. The number of nitrogens with zero attached hydrogens (tertiary/aromatic N) is 1. The lowest BCUT2D eigenvalue weighted by atomic mass is 9.82. The number of rotatable bonds is 1. The summed E-state index contributed by atoms with van der Waals surface area (Å²) in [6.07, 6.45) is 1.99. The van der Waals surface area contributed by atoms with Crippen molar-refractivity contribution in [1.29, 1.82) is 0 Å². The molecule has 1 heterocycles. The molecule has 3 rings (SSSR count). The zero-order valence-corrected chi connectivity index (χ0v) is 11.5. The maximum Gasteiger partial charge on any atom is 0.0677 e.